The molecule has 7 nitrogen and oxygen atoms in total. The number of pyridine rings is 1. The monoisotopic (exact) mass is 413 g/mol. The van der Waals surface area contributed by atoms with Crippen molar-refractivity contribution in [3.63, 3.8) is 0 Å². The Morgan fingerprint density at radius 1 is 1.07 bits per heavy atom. The van der Waals surface area contributed by atoms with Crippen LogP contribution in [0.25, 0.3) is 22.0 Å². The fraction of sp³-hybridized carbons (Fsp3) is 0.286. The molecule has 0 radical (unpaired) electrons. The lowest BCUT2D eigenvalue weighted by Crippen LogP contribution is -2.39. The topological polar surface area (TPSA) is 91.8 Å². The fourth-order valence-corrected chi connectivity index (χ4v) is 4.84. The highest BCUT2D eigenvalue weighted by Gasteiger charge is 2.23. The highest BCUT2D eigenvalue weighted by molar-refractivity contribution is 7.90. The molecule has 152 valence electrons. The summed E-state index contributed by atoms with van der Waals surface area (Å²) in [5.41, 5.74) is 2.10. The Kier molecular flexibility index (Phi) is 5.29. The molecule has 2 aromatic carbocycles. The van der Waals surface area contributed by atoms with Gasteiger partial charge >= 0.3 is 10.2 Å². The van der Waals surface area contributed by atoms with Gasteiger partial charge in [-0.3, -0.25) is 9.71 Å². The average Bonchev–Trinajstić information content (AvgIpc) is 2.75. The Morgan fingerprint density at radius 2 is 1.79 bits per heavy atom. The van der Waals surface area contributed by atoms with E-state index in [0.717, 1.165) is 35.9 Å². The zero-order chi connectivity index (χ0) is 20.4. The molecular weight excluding hydrogens is 390 g/mol. The van der Waals surface area contributed by atoms with E-state index in [2.05, 4.69) is 9.71 Å². The summed E-state index contributed by atoms with van der Waals surface area (Å²) in [6, 6.07) is 12.6. The summed E-state index contributed by atoms with van der Waals surface area (Å²) in [5, 5.41) is 11.7. The van der Waals surface area contributed by atoms with Crippen molar-refractivity contribution in [2.45, 2.75) is 19.3 Å². The van der Waals surface area contributed by atoms with Crippen LogP contribution in [0.1, 0.15) is 19.3 Å². The van der Waals surface area contributed by atoms with Crippen LogP contribution in [0.2, 0.25) is 0 Å². The van der Waals surface area contributed by atoms with Gasteiger partial charge in [-0.15, -0.1) is 0 Å². The SMILES string of the molecule is COc1ccc2cc(-c3ccc(NS(=O)(=O)N4CCCCC4)cc3)ncc2c1O. The van der Waals surface area contributed by atoms with E-state index in [4.69, 9.17) is 4.74 Å². The number of nitrogens with zero attached hydrogens (tertiary/aromatic N) is 2. The molecule has 0 amide bonds. The number of aromatic hydroxyl groups is 1. The first kappa shape index (κ1) is 19.5. The van der Waals surface area contributed by atoms with Crippen molar-refractivity contribution in [3.8, 4) is 22.8 Å². The molecule has 29 heavy (non-hydrogen) atoms. The van der Waals surface area contributed by atoms with E-state index in [1.807, 2.05) is 24.3 Å². The van der Waals surface area contributed by atoms with Gasteiger partial charge in [0.05, 0.1) is 12.8 Å². The van der Waals surface area contributed by atoms with E-state index in [1.165, 1.54) is 11.4 Å². The highest BCUT2D eigenvalue weighted by atomic mass is 32.2. The number of piperidine rings is 1. The summed E-state index contributed by atoms with van der Waals surface area (Å²) in [5.74, 6) is 0.462. The molecule has 2 N–H and O–H groups in total. The summed E-state index contributed by atoms with van der Waals surface area (Å²) in [6.45, 7) is 1.12. The summed E-state index contributed by atoms with van der Waals surface area (Å²) < 4.78 is 34.3. The molecule has 0 aliphatic carbocycles. The van der Waals surface area contributed by atoms with Gasteiger partial charge in [-0.05, 0) is 42.5 Å². The van der Waals surface area contributed by atoms with Gasteiger partial charge in [0, 0.05) is 35.9 Å². The Morgan fingerprint density at radius 3 is 2.48 bits per heavy atom. The van der Waals surface area contributed by atoms with Gasteiger partial charge in [-0.2, -0.15) is 12.7 Å². The third-order valence-corrected chi connectivity index (χ3v) is 6.68. The maximum absolute atomic E-state index is 12.5. The van der Waals surface area contributed by atoms with Crippen molar-refractivity contribution in [2.75, 3.05) is 24.9 Å². The lowest BCUT2D eigenvalue weighted by molar-refractivity contribution is 0.349. The number of nitrogens with one attached hydrogen (secondary N) is 1. The van der Waals surface area contributed by atoms with Crippen molar-refractivity contribution >= 4 is 26.7 Å². The van der Waals surface area contributed by atoms with Crippen LogP contribution in [-0.4, -0.2) is 43.0 Å². The first-order valence-electron chi connectivity index (χ1n) is 9.52. The van der Waals surface area contributed by atoms with Crippen LogP contribution < -0.4 is 9.46 Å². The Balaban J connectivity index is 1.56. The molecule has 0 unspecified atom stereocenters. The van der Waals surface area contributed by atoms with Gasteiger partial charge in [0.1, 0.15) is 0 Å². The first-order chi connectivity index (χ1) is 14.0. The van der Waals surface area contributed by atoms with Crippen LogP contribution in [0.5, 0.6) is 11.5 Å². The summed E-state index contributed by atoms with van der Waals surface area (Å²) in [7, 11) is -2.02. The lowest BCUT2D eigenvalue weighted by Gasteiger charge is -2.26. The Hall–Kier alpha value is -2.84. The molecule has 0 saturated carbocycles. The predicted molar refractivity (Wildman–Crippen MR) is 113 cm³/mol. The maximum atomic E-state index is 12.5. The molecule has 1 aliphatic rings. The smallest absolute Gasteiger partial charge is 0.301 e. The number of fused-ring (bicyclic) bond motifs is 1. The summed E-state index contributed by atoms with van der Waals surface area (Å²) in [6.07, 6.45) is 4.48. The number of phenols is 1. The van der Waals surface area contributed by atoms with Gasteiger partial charge in [0.15, 0.2) is 11.5 Å². The second-order valence-corrected chi connectivity index (χ2v) is 8.72. The van der Waals surface area contributed by atoms with Crippen molar-refractivity contribution in [3.05, 3.63) is 48.7 Å². The van der Waals surface area contributed by atoms with Crippen molar-refractivity contribution < 1.29 is 18.3 Å². The van der Waals surface area contributed by atoms with Crippen LogP contribution in [-0.2, 0) is 10.2 Å². The largest absolute Gasteiger partial charge is 0.504 e. The first-order valence-corrected chi connectivity index (χ1v) is 11.0. The number of benzene rings is 2. The molecule has 0 bridgehead atoms. The van der Waals surface area contributed by atoms with Gasteiger partial charge in [0.2, 0.25) is 0 Å². The number of hydrogen-bond donors (Lipinski definition) is 2. The number of rotatable bonds is 5. The third kappa shape index (κ3) is 3.99. The van der Waals surface area contributed by atoms with Crippen LogP contribution >= 0.6 is 0 Å². The fourth-order valence-electron chi connectivity index (χ4n) is 3.53. The number of anilines is 1. The lowest BCUT2D eigenvalue weighted by atomic mass is 10.1. The zero-order valence-corrected chi connectivity index (χ0v) is 16.9. The average molecular weight is 413 g/mol. The van der Waals surface area contributed by atoms with Crippen LogP contribution in [0.15, 0.2) is 48.7 Å². The van der Waals surface area contributed by atoms with Gasteiger partial charge < -0.3 is 9.84 Å². The van der Waals surface area contributed by atoms with E-state index in [1.54, 1.807) is 24.4 Å². The van der Waals surface area contributed by atoms with E-state index in [9.17, 15) is 13.5 Å². The van der Waals surface area contributed by atoms with Crippen LogP contribution in [0, 0.1) is 0 Å². The second-order valence-electron chi connectivity index (χ2n) is 7.05. The van der Waals surface area contributed by atoms with Gasteiger partial charge in [-0.25, -0.2) is 0 Å². The van der Waals surface area contributed by atoms with Crippen molar-refractivity contribution in [1.82, 2.24) is 9.29 Å². The van der Waals surface area contributed by atoms with E-state index in [-0.39, 0.29) is 5.75 Å². The maximum Gasteiger partial charge on any atom is 0.301 e. The molecule has 1 aromatic heterocycles. The molecule has 4 rings (SSSR count). The molecule has 1 fully saturated rings. The standard InChI is InChI=1S/C21H23N3O4S/c1-28-20-10-7-16-13-19(22-14-18(16)21(20)25)15-5-8-17(9-6-15)23-29(26,27)24-11-3-2-4-12-24/h5-10,13-14,23,25H,2-4,11-12H2,1H3. The van der Waals surface area contributed by atoms with Gasteiger partial charge in [0.25, 0.3) is 0 Å². The number of phenolic OH excluding ortho intramolecular Hbond substituents is 1. The van der Waals surface area contributed by atoms with E-state index < -0.39 is 10.2 Å². The summed E-state index contributed by atoms with van der Waals surface area (Å²) in [4.78, 5) is 4.43. The zero-order valence-electron chi connectivity index (χ0n) is 16.1. The number of aromatic nitrogens is 1. The van der Waals surface area contributed by atoms with Crippen LogP contribution in [0.4, 0.5) is 5.69 Å². The molecule has 3 aromatic rings. The normalized spacial score (nSPS) is 15.3. The molecule has 0 atom stereocenters. The van der Waals surface area contributed by atoms with E-state index >= 15 is 0 Å². The minimum Gasteiger partial charge on any atom is -0.504 e. The third-order valence-electron chi connectivity index (χ3n) is 5.14. The molecule has 1 aliphatic heterocycles. The Bertz CT molecular complexity index is 1120. The van der Waals surface area contributed by atoms with Gasteiger partial charge in [-0.1, -0.05) is 24.6 Å². The molecule has 0 spiro atoms. The quantitative estimate of drug-likeness (QED) is 0.665. The van der Waals surface area contributed by atoms with E-state index in [0.29, 0.717) is 29.9 Å². The highest BCUT2D eigenvalue weighted by Crippen LogP contribution is 2.35. The number of ether oxygens (including phenoxy) is 1. The molecular formula is C21H23N3O4S. The van der Waals surface area contributed by atoms with Crippen molar-refractivity contribution in [1.29, 1.82) is 0 Å². The number of methoxy groups -OCH3 is 1. The summed E-state index contributed by atoms with van der Waals surface area (Å²) >= 11 is 0. The van der Waals surface area contributed by atoms with Crippen LogP contribution in [0.3, 0.4) is 0 Å². The molecule has 8 heteroatoms. The second kappa shape index (κ2) is 7.88. The number of hydrogen-bond acceptors (Lipinski definition) is 5. The molecule has 1 saturated heterocycles. The molecule has 2 heterocycles. The minimum atomic E-state index is -3.53. The minimum absolute atomic E-state index is 0.0616. The predicted octanol–water partition coefficient (Wildman–Crippen LogP) is 3.76. The van der Waals surface area contributed by atoms with Crippen molar-refractivity contribution in [2.24, 2.45) is 0 Å². The Labute approximate surface area is 170 Å².